The molecule has 90 valence electrons. The highest BCUT2D eigenvalue weighted by molar-refractivity contribution is 7.98. The molecule has 1 N–H and O–H groups in total. The molecule has 0 saturated carbocycles. The van der Waals surface area contributed by atoms with Crippen molar-refractivity contribution in [2.45, 2.75) is 38.5 Å². The van der Waals surface area contributed by atoms with Gasteiger partial charge in [-0.05, 0) is 33.8 Å². The van der Waals surface area contributed by atoms with Crippen LogP contribution < -0.4 is 4.72 Å². The molecule has 0 fully saturated rings. The Labute approximate surface area is 99.8 Å². The summed E-state index contributed by atoms with van der Waals surface area (Å²) in [6.45, 7) is 7.98. The molecular formula is C12H17F2NS. The van der Waals surface area contributed by atoms with Crippen molar-refractivity contribution < 1.29 is 8.78 Å². The van der Waals surface area contributed by atoms with Crippen molar-refractivity contribution in [2.24, 2.45) is 0 Å². The zero-order chi connectivity index (χ0) is 12.3. The second-order valence-electron chi connectivity index (χ2n) is 4.70. The van der Waals surface area contributed by atoms with Crippen LogP contribution in [-0.2, 0) is 0 Å². The summed E-state index contributed by atoms with van der Waals surface area (Å²) in [5, 5.41) is 0. The molecule has 16 heavy (non-hydrogen) atoms. The average molecular weight is 245 g/mol. The molecule has 0 aromatic heterocycles. The highest BCUT2D eigenvalue weighted by Gasteiger charge is 2.17. The minimum absolute atomic E-state index is 0.0397. The summed E-state index contributed by atoms with van der Waals surface area (Å²) in [6, 6.07) is 4.02. The first-order valence-electron chi connectivity index (χ1n) is 5.18. The van der Waals surface area contributed by atoms with Crippen LogP contribution in [0.1, 0.15) is 39.3 Å². The van der Waals surface area contributed by atoms with Crippen molar-refractivity contribution >= 4 is 11.9 Å². The Morgan fingerprint density at radius 2 is 1.88 bits per heavy atom. The van der Waals surface area contributed by atoms with E-state index in [0.717, 1.165) is 6.07 Å². The summed E-state index contributed by atoms with van der Waals surface area (Å²) < 4.78 is 29.6. The lowest BCUT2D eigenvalue weighted by atomic mass is 10.1. The largest absolute Gasteiger partial charge is 0.256 e. The van der Waals surface area contributed by atoms with Crippen LogP contribution in [0.15, 0.2) is 18.2 Å². The smallest absolute Gasteiger partial charge is 0.163 e. The van der Waals surface area contributed by atoms with Gasteiger partial charge in [0.1, 0.15) is 0 Å². The molecule has 0 amide bonds. The average Bonchev–Trinajstić information content (AvgIpc) is 2.17. The molecule has 1 aromatic carbocycles. The first kappa shape index (κ1) is 13.5. The molecule has 0 unspecified atom stereocenters. The third kappa shape index (κ3) is 3.76. The predicted molar refractivity (Wildman–Crippen MR) is 65.3 cm³/mol. The van der Waals surface area contributed by atoms with Crippen molar-refractivity contribution in [3.05, 3.63) is 35.4 Å². The molecule has 0 saturated heterocycles. The first-order chi connectivity index (χ1) is 7.31. The molecule has 0 aliphatic carbocycles. The van der Waals surface area contributed by atoms with Crippen molar-refractivity contribution in [1.82, 2.24) is 4.72 Å². The maximum absolute atomic E-state index is 13.4. The Balaban J connectivity index is 2.73. The molecule has 1 rings (SSSR count). The molecule has 0 spiro atoms. The van der Waals surface area contributed by atoms with E-state index in [4.69, 9.17) is 0 Å². The Kier molecular flexibility index (Phi) is 4.33. The Morgan fingerprint density at radius 3 is 2.44 bits per heavy atom. The molecule has 0 bridgehead atoms. The number of nitrogens with one attached hydrogen (secondary N) is 1. The van der Waals surface area contributed by atoms with Gasteiger partial charge in [0.2, 0.25) is 0 Å². The third-order valence-electron chi connectivity index (χ3n) is 1.99. The number of halogens is 2. The topological polar surface area (TPSA) is 12.0 Å². The van der Waals surface area contributed by atoms with Gasteiger partial charge in [-0.15, -0.1) is 0 Å². The summed E-state index contributed by atoms with van der Waals surface area (Å²) in [6.07, 6.45) is 0. The van der Waals surface area contributed by atoms with Gasteiger partial charge in [-0.25, -0.2) is 8.78 Å². The van der Waals surface area contributed by atoms with E-state index in [9.17, 15) is 8.78 Å². The molecular weight excluding hydrogens is 228 g/mol. The fourth-order valence-corrected chi connectivity index (χ4v) is 1.84. The van der Waals surface area contributed by atoms with Crippen LogP contribution in [0.4, 0.5) is 8.78 Å². The van der Waals surface area contributed by atoms with Gasteiger partial charge in [0, 0.05) is 16.4 Å². The third-order valence-corrected chi connectivity index (χ3v) is 3.07. The van der Waals surface area contributed by atoms with Crippen LogP contribution in [0, 0.1) is 11.6 Å². The monoisotopic (exact) mass is 245 g/mol. The normalized spacial score (nSPS) is 13.9. The van der Waals surface area contributed by atoms with E-state index in [1.165, 1.54) is 18.0 Å². The van der Waals surface area contributed by atoms with E-state index in [-0.39, 0.29) is 10.8 Å². The zero-order valence-corrected chi connectivity index (χ0v) is 10.8. The van der Waals surface area contributed by atoms with Crippen molar-refractivity contribution in [1.29, 1.82) is 0 Å². The van der Waals surface area contributed by atoms with E-state index < -0.39 is 11.6 Å². The number of hydrogen-bond acceptors (Lipinski definition) is 2. The lowest BCUT2D eigenvalue weighted by Gasteiger charge is -2.22. The highest BCUT2D eigenvalue weighted by Crippen LogP contribution is 2.26. The van der Waals surface area contributed by atoms with E-state index in [1.807, 2.05) is 6.92 Å². The molecule has 0 aliphatic heterocycles. The quantitative estimate of drug-likeness (QED) is 0.806. The SMILES string of the molecule is C[C@@H](NSC(C)(C)C)c1cccc(F)c1F. The molecule has 0 radical (unpaired) electrons. The lowest BCUT2D eigenvalue weighted by molar-refractivity contribution is 0.489. The second-order valence-corrected chi connectivity index (χ2v) is 6.36. The van der Waals surface area contributed by atoms with Gasteiger partial charge < -0.3 is 0 Å². The fraction of sp³-hybridized carbons (Fsp3) is 0.500. The van der Waals surface area contributed by atoms with Gasteiger partial charge in [-0.1, -0.05) is 24.1 Å². The van der Waals surface area contributed by atoms with Gasteiger partial charge in [0.25, 0.3) is 0 Å². The van der Waals surface area contributed by atoms with Gasteiger partial charge in [-0.3, -0.25) is 4.72 Å². The summed E-state index contributed by atoms with van der Waals surface area (Å²) >= 11 is 1.51. The Morgan fingerprint density at radius 1 is 1.25 bits per heavy atom. The van der Waals surface area contributed by atoms with Crippen molar-refractivity contribution in [3.8, 4) is 0 Å². The molecule has 0 heterocycles. The van der Waals surface area contributed by atoms with Crippen LogP contribution in [0.5, 0.6) is 0 Å². The van der Waals surface area contributed by atoms with Gasteiger partial charge >= 0.3 is 0 Å². The van der Waals surface area contributed by atoms with Crippen LogP contribution in [-0.4, -0.2) is 4.75 Å². The molecule has 1 nitrogen and oxygen atoms in total. The molecule has 0 aliphatic rings. The van der Waals surface area contributed by atoms with E-state index >= 15 is 0 Å². The summed E-state index contributed by atoms with van der Waals surface area (Å²) in [7, 11) is 0. The molecule has 4 heteroatoms. The predicted octanol–water partition coefficient (Wildman–Crippen LogP) is 4.06. The van der Waals surface area contributed by atoms with Crippen molar-refractivity contribution in [2.75, 3.05) is 0 Å². The second kappa shape index (κ2) is 5.15. The fourth-order valence-electron chi connectivity index (χ4n) is 1.18. The van der Waals surface area contributed by atoms with Crippen molar-refractivity contribution in [3.63, 3.8) is 0 Å². The van der Waals surface area contributed by atoms with Crippen LogP contribution in [0.3, 0.4) is 0 Å². The Bertz CT molecular complexity index is 361. The maximum atomic E-state index is 13.4. The van der Waals surface area contributed by atoms with Gasteiger partial charge in [0.15, 0.2) is 11.6 Å². The summed E-state index contributed by atoms with van der Waals surface area (Å²) in [4.78, 5) is 0. The van der Waals surface area contributed by atoms with Crippen LogP contribution in [0.25, 0.3) is 0 Å². The van der Waals surface area contributed by atoms with E-state index in [2.05, 4.69) is 25.5 Å². The molecule has 1 atom stereocenters. The van der Waals surface area contributed by atoms with Gasteiger partial charge in [-0.2, -0.15) is 0 Å². The summed E-state index contributed by atoms with van der Waals surface area (Å²) in [5.41, 5.74) is 0.358. The first-order valence-corrected chi connectivity index (χ1v) is 6.00. The standard InChI is InChI=1S/C12H17F2NS/c1-8(15-16-12(2,3)4)9-6-5-7-10(13)11(9)14/h5-8,15H,1-4H3/t8-/m1/s1. The molecule has 1 aromatic rings. The lowest BCUT2D eigenvalue weighted by Crippen LogP contribution is -2.20. The van der Waals surface area contributed by atoms with Crippen LogP contribution in [0.2, 0.25) is 0 Å². The Hall–Kier alpha value is -0.610. The minimum Gasteiger partial charge on any atom is -0.256 e. The summed E-state index contributed by atoms with van der Waals surface area (Å²) in [5.74, 6) is -1.57. The van der Waals surface area contributed by atoms with Gasteiger partial charge in [0.05, 0.1) is 0 Å². The number of rotatable bonds is 3. The van der Waals surface area contributed by atoms with E-state index in [1.54, 1.807) is 6.07 Å². The van der Waals surface area contributed by atoms with Crippen LogP contribution >= 0.6 is 11.9 Å². The highest BCUT2D eigenvalue weighted by atomic mass is 32.2. The van der Waals surface area contributed by atoms with E-state index in [0.29, 0.717) is 5.56 Å². The maximum Gasteiger partial charge on any atom is 0.163 e. The minimum atomic E-state index is -0.799. The zero-order valence-electron chi connectivity index (χ0n) is 9.97. The number of hydrogen-bond donors (Lipinski definition) is 1. The number of benzene rings is 1.